The third kappa shape index (κ3) is 4.84. The van der Waals surface area contributed by atoms with Gasteiger partial charge in [0.2, 0.25) is 5.91 Å². The van der Waals surface area contributed by atoms with Gasteiger partial charge in [0.05, 0.1) is 13.5 Å². The molecule has 7 heteroatoms. The van der Waals surface area contributed by atoms with Gasteiger partial charge in [-0.3, -0.25) is 9.59 Å². The van der Waals surface area contributed by atoms with E-state index in [1.165, 1.54) is 14.0 Å². The van der Waals surface area contributed by atoms with Crippen molar-refractivity contribution in [3.63, 3.8) is 0 Å². The molecule has 0 radical (unpaired) electrons. The van der Waals surface area contributed by atoms with Gasteiger partial charge in [-0.1, -0.05) is 23.7 Å². The van der Waals surface area contributed by atoms with Crippen LogP contribution in [-0.4, -0.2) is 28.4 Å². The van der Waals surface area contributed by atoms with Crippen molar-refractivity contribution in [2.45, 2.75) is 19.4 Å². The minimum absolute atomic E-state index is 0.0682. The van der Waals surface area contributed by atoms with Crippen molar-refractivity contribution in [2.24, 2.45) is 7.05 Å². The predicted molar refractivity (Wildman–Crippen MR) is 111 cm³/mol. The maximum atomic E-state index is 12.9. The molecule has 2 aromatic carbocycles. The van der Waals surface area contributed by atoms with Gasteiger partial charge in [0.15, 0.2) is 5.78 Å². The van der Waals surface area contributed by atoms with Crippen LogP contribution in [0.15, 0.2) is 54.9 Å². The third-order valence-electron chi connectivity index (χ3n) is 4.66. The monoisotopic (exact) mass is 411 g/mol. The summed E-state index contributed by atoms with van der Waals surface area (Å²) in [6.45, 7) is 1.49. The lowest BCUT2D eigenvalue weighted by molar-refractivity contribution is -0.121. The number of benzene rings is 2. The molecule has 0 spiro atoms. The molecule has 1 amide bonds. The SMILES string of the molecule is COc1ccc(C(C)=O)cc1CC(=O)NC(c1ccc(Cl)cc1)c1nccn1C. The van der Waals surface area contributed by atoms with E-state index >= 15 is 0 Å². The molecule has 1 N–H and O–H groups in total. The average molecular weight is 412 g/mol. The van der Waals surface area contributed by atoms with Gasteiger partial charge in [-0.05, 0) is 42.8 Å². The number of carbonyl (C=O) groups is 2. The molecule has 1 atom stereocenters. The number of nitrogens with one attached hydrogen (secondary N) is 1. The number of imidazole rings is 1. The topological polar surface area (TPSA) is 73.2 Å². The van der Waals surface area contributed by atoms with E-state index in [0.29, 0.717) is 27.7 Å². The van der Waals surface area contributed by atoms with Crippen molar-refractivity contribution >= 4 is 23.3 Å². The lowest BCUT2D eigenvalue weighted by Gasteiger charge is -2.20. The van der Waals surface area contributed by atoms with Crippen LogP contribution in [0.3, 0.4) is 0 Å². The normalized spacial score (nSPS) is 11.7. The lowest BCUT2D eigenvalue weighted by Crippen LogP contribution is -2.32. The number of aryl methyl sites for hydroxylation is 1. The number of Topliss-reactive ketones (excluding diaryl/α,β-unsaturated/α-hetero) is 1. The first-order chi connectivity index (χ1) is 13.9. The maximum Gasteiger partial charge on any atom is 0.225 e. The average Bonchev–Trinajstić information content (AvgIpc) is 3.12. The molecule has 3 rings (SSSR count). The predicted octanol–water partition coefficient (Wildman–Crippen LogP) is 3.73. The first-order valence-corrected chi connectivity index (χ1v) is 9.46. The smallest absolute Gasteiger partial charge is 0.225 e. The van der Waals surface area contributed by atoms with Crippen molar-refractivity contribution in [2.75, 3.05) is 7.11 Å². The molecule has 0 fully saturated rings. The third-order valence-corrected chi connectivity index (χ3v) is 4.92. The molecule has 3 aromatic rings. The number of nitrogens with zero attached hydrogens (tertiary/aromatic N) is 2. The Morgan fingerprint density at radius 1 is 1.21 bits per heavy atom. The van der Waals surface area contributed by atoms with Crippen LogP contribution in [0.1, 0.15) is 40.3 Å². The molecular formula is C22H22ClN3O3. The zero-order chi connectivity index (χ0) is 21.0. The highest BCUT2D eigenvalue weighted by atomic mass is 35.5. The number of aromatic nitrogens is 2. The molecule has 29 heavy (non-hydrogen) atoms. The van der Waals surface area contributed by atoms with E-state index in [0.717, 1.165) is 5.56 Å². The van der Waals surface area contributed by atoms with Crippen LogP contribution in [0.5, 0.6) is 5.75 Å². The summed E-state index contributed by atoms with van der Waals surface area (Å²) in [5.41, 5.74) is 2.04. The molecule has 0 saturated carbocycles. The molecule has 0 saturated heterocycles. The molecule has 1 unspecified atom stereocenters. The van der Waals surface area contributed by atoms with Crippen LogP contribution in [0, 0.1) is 0 Å². The number of ether oxygens (including phenoxy) is 1. The minimum Gasteiger partial charge on any atom is -0.496 e. The number of hydrogen-bond acceptors (Lipinski definition) is 4. The first kappa shape index (κ1) is 20.6. The standard InChI is InChI=1S/C22H22ClN3O3/c1-14(27)16-6-9-19(29-3)17(12-16)13-20(28)25-21(22-24-10-11-26(22)2)15-4-7-18(23)8-5-15/h4-12,21H,13H2,1-3H3,(H,25,28). The molecular weight excluding hydrogens is 390 g/mol. The number of rotatable bonds is 7. The summed E-state index contributed by atoms with van der Waals surface area (Å²) in [7, 11) is 3.41. The number of halogens is 1. The molecule has 1 aromatic heterocycles. The van der Waals surface area contributed by atoms with Crippen molar-refractivity contribution < 1.29 is 14.3 Å². The van der Waals surface area contributed by atoms with E-state index in [-0.39, 0.29) is 18.1 Å². The van der Waals surface area contributed by atoms with Gasteiger partial charge < -0.3 is 14.6 Å². The fraction of sp³-hybridized carbons (Fsp3) is 0.227. The summed E-state index contributed by atoms with van der Waals surface area (Å²) < 4.78 is 7.21. The van der Waals surface area contributed by atoms with E-state index in [9.17, 15) is 9.59 Å². The van der Waals surface area contributed by atoms with Gasteiger partial charge in [-0.15, -0.1) is 0 Å². The Morgan fingerprint density at radius 3 is 2.52 bits per heavy atom. The van der Waals surface area contributed by atoms with E-state index in [2.05, 4.69) is 10.3 Å². The van der Waals surface area contributed by atoms with E-state index in [1.807, 2.05) is 29.9 Å². The highest BCUT2D eigenvalue weighted by Gasteiger charge is 2.22. The number of methoxy groups -OCH3 is 1. The maximum absolute atomic E-state index is 12.9. The quantitative estimate of drug-likeness (QED) is 0.601. The Bertz CT molecular complexity index is 1030. The number of carbonyl (C=O) groups excluding carboxylic acids is 2. The molecule has 0 aliphatic rings. The lowest BCUT2D eigenvalue weighted by atomic mass is 10.0. The molecule has 1 heterocycles. The summed E-state index contributed by atoms with van der Waals surface area (Å²) in [6.07, 6.45) is 3.58. The highest BCUT2D eigenvalue weighted by molar-refractivity contribution is 6.30. The second kappa shape index (κ2) is 8.92. The van der Waals surface area contributed by atoms with E-state index in [4.69, 9.17) is 16.3 Å². The largest absolute Gasteiger partial charge is 0.496 e. The summed E-state index contributed by atoms with van der Waals surface area (Å²) in [5, 5.41) is 3.65. The molecule has 150 valence electrons. The summed E-state index contributed by atoms with van der Waals surface area (Å²) in [5.74, 6) is 0.976. The van der Waals surface area contributed by atoms with Gasteiger partial charge >= 0.3 is 0 Å². The van der Waals surface area contributed by atoms with Crippen LogP contribution in [0.2, 0.25) is 5.02 Å². The highest BCUT2D eigenvalue weighted by Crippen LogP contribution is 2.24. The van der Waals surface area contributed by atoms with Crippen LogP contribution in [-0.2, 0) is 18.3 Å². The fourth-order valence-corrected chi connectivity index (χ4v) is 3.25. The Hall–Kier alpha value is -3.12. The summed E-state index contributed by atoms with van der Waals surface area (Å²) >= 11 is 6.01. The van der Waals surface area contributed by atoms with Gasteiger partial charge in [0.1, 0.15) is 17.6 Å². The van der Waals surface area contributed by atoms with E-state index < -0.39 is 6.04 Å². The van der Waals surface area contributed by atoms with Crippen molar-refractivity contribution in [1.82, 2.24) is 14.9 Å². The number of hydrogen-bond donors (Lipinski definition) is 1. The Kier molecular flexibility index (Phi) is 6.34. The molecule has 0 bridgehead atoms. The number of ketones is 1. The Balaban J connectivity index is 1.88. The summed E-state index contributed by atoms with van der Waals surface area (Å²) in [4.78, 5) is 29.0. The molecule has 0 aliphatic heterocycles. The first-order valence-electron chi connectivity index (χ1n) is 9.09. The van der Waals surface area contributed by atoms with Crippen LogP contribution in [0.4, 0.5) is 0 Å². The van der Waals surface area contributed by atoms with Crippen LogP contribution < -0.4 is 10.1 Å². The van der Waals surface area contributed by atoms with Crippen LogP contribution in [0.25, 0.3) is 0 Å². The van der Waals surface area contributed by atoms with Gasteiger partial charge in [0, 0.05) is 35.6 Å². The zero-order valence-electron chi connectivity index (χ0n) is 16.5. The summed E-state index contributed by atoms with van der Waals surface area (Å²) in [6, 6.07) is 11.9. The Morgan fingerprint density at radius 2 is 1.93 bits per heavy atom. The molecule has 6 nitrogen and oxygen atoms in total. The van der Waals surface area contributed by atoms with Gasteiger partial charge in [-0.25, -0.2) is 4.98 Å². The van der Waals surface area contributed by atoms with Gasteiger partial charge in [-0.2, -0.15) is 0 Å². The van der Waals surface area contributed by atoms with Gasteiger partial charge in [0.25, 0.3) is 0 Å². The van der Waals surface area contributed by atoms with Crippen molar-refractivity contribution in [3.8, 4) is 5.75 Å². The van der Waals surface area contributed by atoms with E-state index in [1.54, 1.807) is 36.5 Å². The Labute approximate surface area is 174 Å². The fourth-order valence-electron chi connectivity index (χ4n) is 3.13. The zero-order valence-corrected chi connectivity index (χ0v) is 17.2. The minimum atomic E-state index is -0.443. The van der Waals surface area contributed by atoms with Crippen LogP contribution >= 0.6 is 11.6 Å². The second-order valence-corrected chi connectivity index (χ2v) is 7.14. The van der Waals surface area contributed by atoms with Crippen molar-refractivity contribution in [1.29, 1.82) is 0 Å². The van der Waals surface area contributed by atoms with Crippen molar-refractivity contribution in [3.05, 3.63) is 82.4 Å². The second-order valence-electron chi connectivity index (χ2n) is 6.71. The number of amides is 1. The molecule has 0 aliphatic carbocycles.